The van der Waals surface area contributed by atoms with Gasteiger partial charge in [0.05, 0.1) is 4.90 Å². The summed E-state index contributed by atoms with van der Waals surface area (Å²) in [6, 6.07) is 19.6. The van der Waals surface area contributed by atoms with Crippen LogP contribution in [0.15, 0.2) is 71.6 Å². The predicted octanol–water partition coefficient (Wildman–Crippen LogP) is 3.53. The van der Waals surface area contributed by atoms with Gasteiger partial charge in [-0.3, -0.25) is 10.2 Å². The number of carbonyl (C=O) groups excluding carboxylic acids is 1. The first-order valence-corrected chi connectivity index (χ1v) is 10.7. The second-order valence-corrected chi connectivity index (χ2v) is 9.41. The molecule has 0 saturated heterocycles. The van der Waals surface area contributed by atoms with Crippen molar-refractivity contribution in [3.8, 4) is 5.75 Å². The Morgan fingerprint density at radius 2 is 1.59 bits per heavy atom. The number of benzene rings is 3. The lowest BCUT2D eigenvalue weighted by Gasteiger charge is -2.19. The molecule has 0 saturated carbocycles. The summed E-state index contributed by atoms with van der Waals surface area (Å²) < 4.78 is 30.3. The Hall–Kier alpha value is -2.90. The normalized spacial score (nSPS) is 12.0. The van der Waals surface area contributed by atoms with E-state index in [0.29, 0.717) is 5.75 Å². The molecule has 2 N–H and O–H groups in total. The van der Waals surface area contributed by atoms with E-state index in [9.17, 15) is 13.2 Å². The first-order chi connectivity index (χ1) is 13.6. The fourth-order valence-electron chi connectivity index (χ4n) is 2.75. The van der Waals surface area contributed by atoms with Crippen LogP contribution in [0.4, 0.5) is 0 Å². The Balaban J connectivity index is 1.56. The molecule has 0 bridgehead atoms. The van der Waals surface area contributed by atoms with Crippen LogP contribution in [0.1, 0.15) is 26.3 Å². The van der Waals surface area contributed by atoms with Crippen molar-refractivity contribution in [2.75, 3.05) is 6.61 Å². The first kappa shape index (κ1) is 20.8. The van der Waals surface area contributed by atoms with Gasteiger partial charge in [0, 0.05) is 0 Å². The molecule has 0 spiro atoms. The highest BCUT2D eigenvalue weighted by Crippen LogP contribution is 2.24. The zero-order valence-corrected chi connectivity index (χ0v) is 17.4. The summed E-state index contributed by atoms with van der Waals surface area (Å²) in [5.41, 5.74) is 3.35. The van der Waals surface area contributed by atoms with Crippen LogP contribution in [0, 0.1) is 0 Å². The second-order valence-electron chi connectivity index (χ2n) is 7.73. The van der Waals surface area contributed by atoms with E-state index in [1.165, 1.54) is 6.07 Å². The number of carbonyl (C=O) groups is 1. The van der Waals surface area contributed by atoms with Gasteiger partial charge in [0.25, 0.3) is 15.9 Å². The van der Waals surface area contributed by atoms with Crippen molar-refractivity contribution < 1.29 is 17.9 Å². The minimum absolute atomic E-state index is 0.0248. The third-order valence-electron chi connectivity index (χ3n) is 4.45. The molecule has 0 unspecified atom stereocenters. The van der Waals surface area contributed by atoms with Gasteiger partial charge in [0.1, 0.15) is 5.75 Å². The molecule has 152 valence electrons. The molecule has 7 heteroatoms. The molecular formula is C22H24N2O4S. The summed E-state index contributed by atoms with van der Waals surface area (Å²) in [6.07, 6.45) is 0. The highest BCUT2D eigenvalue weighted by atomic mass is 32.2. The van der Waals surface area contributed by atoms with Gasteiger partial charge in [-0.2, -0.15) is 0 Å². The Morgan fingerprint density at radius 3 is 2.24 bits per heavy atom. The molecule has 3 rings (SSSR count). The van der Waals surface area contributed by atoms with Crippen LogP contribution in [-0.4, -0.2) is 20.9 Å². The summed E-state index contributed by atoms with van der Waals surface area (Å²) in [4.78, 5) is 14.1. The average Bonchev–Trinajstić information content (AvgIpc) is 2.70. The standard InChI is InChI=1S/C22H24N2O4S/c1-22(2,3)18-9-11-19(12-10-18)28-15-21(25)23-24-29(26,27)20-13-8-16-6-4-5-7-17(16)14-20/h4-14,24H,15H2,1-3H3,(H,23,25). The number of nitrogens with one attached hydrogen (secondary N) is 2. The lowest BCUT2D eigenvalue weighted by Crippen LogP contribution is -2.43. The largest absolute Gasteiger partial charge is 0.484 e. The van der Waals surface area contributed by atoms with Gasteiger partial charge < -0.3 is 4.74 Å². The molecule has 0 heterocycles. The van der Waals surface area contributed by atoms with Crippen LogP contribution in [0.5, 0.6) is 5.75 Å². The van der Waals surface area contributed by atoms with E-state index in [4.69, 9.17) is 4.74 Å². The van der Waals surface area contributed by atoms with Gasteiger partial charge in [-0.05, 0) is 46.0 Å². The summed E-state index contributed by atoms with van der Waals surface area (Å²) in [5.74, 6) is -0.0696. The molecule has 3 aromatic carbocycles. The lowest BCUT2D eigenvalue weighted by molar-refractivity contribution is -0.123. The summed E-state index contributed by atoms with van der Waals surface area (Å²) in [5, 5.41) is 1.73. The van der Waals surface area contributed by atoms with E-state index in [1.807, 2.05) is 36.4 Å². The maximum absolute atomic E-state index is 12.4. The zero-order chi connectivity index (χ0) is 21.1. The SMILES string of the molecule is CC(C)(C)c1ccc(OCC(=O)NNS(=O)(=O)c2ccc3ccccc3c2)cc1. The lowest BCUT2D eigenvalue weighted by atomic mass is 9.87. The molecule has 0 fully saturated rings. The van der Waals surface area contributed by atoms with Crippen LogP contribution in [0.2, 0.25) is 0 Å². The summed E-state index contributed by atoms with van der Waals surface area (Å²) >= 11 is 0. The highest BCUT2D eigenvalue weighted by molar-refractivity contribution is 7.89. The predicted molar refractivity (Wildman–Crippen MR) is 113 cm³/mol. The molecule has 0 radical (unpaired) electrons. The van der Waals surface area contributed by atoms with E-state index in [0.717, 1.165) is 16.3 Å². The van der Waals surface area contributed by atoms with Crippen molar-refractivity contribution >= 4 is 26.7 Å². The Kier molecular flexibility index (Phi) is 5.91. The van der Waals surface area contributed by atoms with Gasteiger partial charge in [-0.15, -0.1) is 4.83 Å². The number of hydrazine groups is 1. The van der Waals surface area contributed by atoms with Gasteiger partial charge in [0.15, 0.2) is 6.61 Å². The number of ether oxygens (including phenoxy) is 1. The number of fused-ring (bicyclic) bond motifs is 1. The minimum atomic E-state index is -3.89. The molecule has 29 heavy (non-hydrogen) atoms. The average molecular weight is 413 g/mol. The van der Waals surface area contributed by atoms with E-state index in [2.05, 4.69) is 31.0 Å². The smallest absolute Gasteiger partial charge is 0.272 e. The van der Waals surface area contributed by atoms with Crippen LogP contribution >= 0.6 is 0 Å². The van der Waals surface area contributed by atoms with Gasteiger partial charge in [0.2, 0.25) is 0 Å². The van der Waals surface area contributed by atoms with Gasteiger partial charge >= 0.3 is 0 Å². The third-order valence-corrected chi connectivity index (χ3v) is 5.69. The molecule has 3 aromatic rings. The topological polar surface area (TPSA) is 84.5 Å². The quantitative estimate of drug-likeness (QED) is 0.607. The Labute approximate surface area is 170 Å². The molecule has 0 atom stereocenters. The molecule has 0 aliphatic carbocycles. The van der Waals surface area contributed by atoms with Gasteiger partial charge in [-0.25, -0.2) is 8.42 Å². The molecular weight excluding hydrogens is 388 g/mol. The van der Waals surface area contributed by atoms with Crippen molar-refractivity contribution in [2.45, 2.75) is 31.1 Å². The number of hydrogen-bond acceptors (Lipinski definition) is 4. The minimum Gasteiger partial charge on any atom is -0.484 e. The van der Waals surface area contributed by atoms with E-state index < -0.39 is 15.9 Å². The molecule has 1 amide bonds. The molecule has 0 aliphatic heterocycles. The van der Waals surface area contributed by atoms with Gasteiger partial charge in [-0.1, -0.05) is 63.2 Å². The Bertz CT molecular complexity index is 1120. The van der Waals surface area contributed by atoms with E-state index >= 15 is 0 Å². The van der Waals surface area contributed by atoms with Crippen LogP contribution in [-0.2, 0) is 20.2 Å². The maximum Gasteiger partial charge on any atom is 0.272 e. The highest BCUT2D eigenvalue weighted by Gasteiger charge is 2.16. The monoisotopic (exact) mass is 412 g/mol. The van der Waals surface area contributed by atoms with E-state index in [-0.39, 0.29) is 16.9 Å². The molecule has 0 aliphatic rings. The molecule has 0 aromatic heterocycles. The summed E-state index contributed by atoms with van der Waals surface area (Å²) in [7, 11) is -3.89. The number of rotatable bonds is 6. The van der Waals surface area contributed by atoms with Crippen LogP contribution in [0.25, 0.3) is 10.8 Å². The number of amides is 1. The van der Waals surface area contributed by atoms with Crippen molar-refractivity contribution in [1.82, 2.24) is 10.3 Å². The van der Waals surface area contributed by atoms with Crippen molar-refractivity contribution in [2.24, 2.45) is 0 Å². The van der Waals surface area contributed by atoms with Crippen molar-refractivity contribution in [3.05, 3.63) is 72.3 Å². The van der Waals surface area contributed by atoms with Crippen molar-refractivity contribution in [1.29, 1.82) is 0 Å². The molecule has 6 nitrogen and oxygen atoms in total. The second kappa shape index (κ2) is 8.23. The third kappa shape index (κ3) is 5.34. The van der Waals surface area contributed by atoms with Crippen LogP contribution < -0.4 is 15.0 Å². The number of sulfonamides is 1. The maximum atomic E-state index is 12.4. The first-order valence-electron chi connectivity index (χ1n) is 9.18. The van der Waals surface area contributed by atoms with E-state index in [1.54, 1.807) is 24.3 Å². The summed E-state index contributed by atoms with van der Waals surface area (Å²) in [6.45, 7) is 6.02. The number of hydrogen-bond donors (Lipinski definition) is 2. The fraction of sp³-hybridized carbons (Fsp3) is 0.227. The fourth-order valence-corrected chi connectivity index (χ4v) is 3.65. The zero-order valence-electron chi connectivity index (χ0n) is 16.6. The van der Waals surface area contributed by atoms with Crippen molar-refractivity contribution in [3.63, 3.8) is 0 Å². The Morgan fingerprint density at radius 1 is 0.931 bits per heavy atom. The van der Waals surface area contributed by atoms with Crippen LogP contribution in [0.3, 0.4) is 0 Å².